The van der Waals surface area contributed by atoms with E-state index in [1.165, 1.54) is 17.2 Å². The number of imidazole rings is 1. The van der Waals surface area contributed by atoms with E-state index in [-0.39, 0.29) is 0 Å². The topological polar surface area (TPSA) is 42.3 Å². The van der Waals surface area contributed by atoms with Gasteiger partial charge in [-0.05, 0) is 20.0 Å². The molecule has 1 aromatic heterocycles. The predicted octanol–water partition coefficient (Wildman–Crippen LogP) is 1.31. The molecule has 1 aromatic rings. The van der Waals surface area contributed by atoms with Gasteiger partial charge in [0.15, 0.2) is 0 Å². The van der Waals surface area contributed by atoms with Gasteiger partial charge >= 0.3 is 0 Å². The summed E-state index contributed by atoms with van der Waals surface area (Å²) in [6.07, 6.45) is 2.13. The Hall–Kier alpha value is -0.910. The highest BCUT2D eigenvalue weighted by atomic mass is 16.5. The Balaban J connectivity index is 1.97. The maximum atomic E-state index is 5.76. The normalized spacial score (nSPS) is 15.0. The van der Waals surface area contributed by atoms with Crippen LogP contribution in [0.2, 0.25) is 0 Å². The number of nitrogens with zero attached hydrogens (tertiary/aromatic N) is 3. The average Bonchev–Trinajstić information content (AvgIpc) is 2.75. The van der Waals surface area contributed by atoms with Crippen LogP contribution in [0.25, 0.3) is 0 Å². The van der Waals surface area contributed by atoms with E-state index in [9.17, 15) is 0 Å². The van der Waals surface area contributed by atoms with Gasteiger partial charge in [0.1, 0.15) is 5.82 Å². The zero-order chi connectivity index (χ0) is 15.2. The lowest BCUT2D eigenvalue weighted by Gasteiger charge is -2.17. The van der Waals surface area contributed by atoms with Gasteiger partial charge in [0.25, 0.3) is 0 Å². The minimum atomic E-state index is 0.634. The molecule has 0 bridgehead atoms. The fraction of sp³-hybridized carbons (Fsp3) is 0.812. The van der Waals surface area contributed by atoms with Crippen LogP contribution in [0.4, 0.5) is 0 Å². The molecule has 0 amide bonds. The lowest BCUT2D eigenvalue weighted by Crippen LogP contribution is -2.26. The van der Waals surface area contributed by atoms with Gasteiger partial charge in [-0.3, -0.25) is 0 Å². The maximum Gasteiger partial charge on any atom is 0.109 e. The largest absolute Gasteiger partial charge is 0.378 e. The minimum absolute atomic E-state index is 0.634. The molecule has 1 N–H and O–H groups in total. The highest BCUT2D eigenvalue weighted by Crippen LogP contribution is 2.18. The average molecular weight is 294 g/mol. The van der Waals surface area contributed by atoms with Crippen LogP contribution in [0.15, 0.2) is 0 Å². The van der Waals surface area contributed by atoms with E-state index in [4.69, 9.17) is 9.72 Å². The van der Waals surface area contributed by atoms with Gasteiger partial charge < -0.3 is 19.5 Å². The van der Waals surface area contributed by atoms with Crippen LogP contribution in [0.5, 0.6) is 0 Å². The molecular formula is C16H30N4O. The van der Waals surface area contributed by atoms with E-state index in [2.05, 4.69) is 42.7 Å². The van der Waals surface area contributed by atoms with Crippen LogP contribution in [0, 0.1) is 5.92 Å². The lowest BCUT2D eigenvalue weighted by molar-refractivity contribution is 0.110. The summed E-state index contributed by atoms with van der Waals surface area (Å²) >= 11 is 0. The van der Waals surface area contributed by atoms with Gasteiger partial charge in [-0.25, -0.2) is 4.98 Å². The second-order valence-electron chi connectivity index (χ2n) is 6.51. The summed E-state index contributed by atoms with van der Waals surface area (Å²) in [7, 11) is 4.15. The molecule has 0 aromatic carbocycles. The van der Waals surface area contributed by atoms with Gasteiger partial charge in [-0.2, -0.15) is 0 Å². The van der Waals surface area contributed by atoms with Gasteiger partial charge in [0.2, 0.25) is 0 Å². The van der Waals surface area contributed by atoms with Crippen LogP contribution in [0.1, 0.15) is 31.1 Å². The molecule has 0 atom stereocenters. The van der Waals surface area contributed by atoms with E-state index < -0.39 is 0 Å². The van der Waals surface area contributed by atoms with Crippen LogP contribution in [0.3, 0.4) is 0 Å². The summed E-state index contributed by atoms with van der Waals surface area (Å²) in [4.78, 5) is 7.00. The van der Waals surface area contributed by atoms with Crippen molar-refractivity contribution < 1.29 is 4.74 Å². The first-order valence-electron chi connectivity index (χ1n) is 8.08. The molecule has 120 valence electrons. The summed E-state index contributed by atoms with van der Waals surface area (Å²) in [5.41, 5.74) is 2.66. The molecule has 1 aliphatic heterocycles. The lowest BCUT2D eigenvalue weighted by atomic mass is 10.1. The van der Waals surface area contributed by atoms with Gasteiger partial charge in [-0.1, -0.05) is 13.8 Å². The maximum absolute atomic E-state index is 5.76. The molecule has 2 heterocycles. The second kappa shape index (κ2) is 7.92. The van der Waals surface area contributed by atoms with Crippen molar-refractivity contribution in [2.24, 2.45) is 5.92 Å². The molecule has 2 rings (SSSR count). The van der Waals surface area contributed by atoms with Crippen molar-refractivity contribution in [2.75, 3.05) is 40.4 Å². The first-order valence-corrected chi connectivity index (χ1v) is 8.08. The Morgan fingerprint density at radius 1 is 1.33 bits per heavy atom. The molecule has 0 unspecified atom stereocenters. The van der Waals surface area contributed by atoms with Crippen molar-refractivity contribution in [3.63, 3.8) is 0 Å². The Labute approximate surface area is 128 Å². The van der Waals surface area contributed by atoms with Crippen molar-refractivity contribution in [3.8, 4) is 0 Å². The van der Waals surface area contributed by atoms with Crippen LogP contribution >= 0.6 is 0 Å². The summed E-state index contributed by atoms with van der Waals surface area (Å²) in [5.74, 6) is 1.87. The summed E-state index contributed by atoms with van der Waals surface area (Å²) in [5, 5.41) is 3.41. The molecule has 0 saturated heterocycles. The third-order valence-electron chi connectivity index (χ3n) is 3.80. The Bertz CT molecular complexity index is 440. The number of rotatable bonds is 8. The Morgan fingerprint density at radius 3 is 2.86 bits per heavy atom. The quantitative estimate of drug-likeness (QED) is 0.734. The molecule has 0 fully saturated rings. The third-order valence-corrected chi connectivity index (χ3v) is 3.80. The standard InChI is InChI=1S/C16H30N4O/c1-13(2)11-16-18-14-12-17-6-5-15(14)20(16)8-10-21-9-7-19(3)4/h13,17H,5-12H2,1-4H3. The third kappa shape index (κ3) is 4.80. The van der Waals surface area contributed by atoms with Crippen molar-refractivity contribution in [1.29, 1.82) is 0 Å². The summed E-state index contributed by atoms with van der Waals surface area (Å²) in [6.45, 7) is 9.95. The number of ether oxygens (including phenoxy) is 1. The first-order chi connectivity index (χ1) is 10.1. The number of aromatic nitrogens is 2. The predicted molar refractivity (Wildman–Crippen MR) is 85.6 cm³/mol. The van der Waals surface area contributed by atoms with E-state index >= 15 is 0 Å². The van der Waals surface area contributed by atoms with Crippen LogP contribution in [-0.2, 0) is 30.7 Å². The van der Waals surface area contributed by atoms with Crippen molar-refractivity contribution >= 4 is 0 Å². The highest BCUT2D eigenvalue weighted by Gasteiger charge is 2.19. The molecule has 5 heteroatoms. The SMILES string of the molecule is CC(C)Cc1nc2c(n1CCOCCN(C)C)CCNC2. The van der Waals surface area contributed by atoms with Gasteiger partial charge in [0.05, 0.1) is 18.9 Å². The number of hydrogen-bond acceptors (Lipinski definition) is 4. The number of likely N-dealkylation sites (N-methyl/N-ethyl adjacent to an activating group) is 1. The Morgan fingerprint density at radius 2 is 2.14 bits per heavy atom. The summed E-state index contributed by atoms with van der Waals surface area (Å²) in [6, 6.07) is 0. The monoisotopic (exact) mass is 294 g/mol. The van der Waals surface area contributed by atoms with Crippen molar-refractivity contribution in [1.82, 2.24) is 19.8 Å². The van der Waals surface area contributed by atoms with Crippen molar-refractivity contribution in [3.05, 3.63) is 17.2 Å². The zero-order valence-corrected chi connectivity index (χ0v) is 14.0. The van der Waals surface area contributed by atoms with E-state index in [1.807, 2.05) is 0 Å². The van der Waals surface area contributed by atoms with Crippen LogP contribution < -0.4 is 5.32 Å². The zero-order valence-electron chi connectivity index (χ0n) is 14.0. The van der Waals surface area contributed by atoms with E-state index in [0.29, 0.717) is 5.92 Å². The molecule has 21 heavy (non-hydrogen) atoms. The molecule has 0 radical (unpaired) electrons. The van der Waals surface area contributed by atoms with E-state index in [1.54, 1.807) is 0 Å². The first kappa shape index (κ1) is 16.5. The highest BCUT2D eigenvalue weighted by molar-refractivity contribution is 5.20. The molecule has 5 nitrogen and oxygen atoms in total. The molecule has 0 aliphatic carbocycles. The number of nitrogens with one attached hydrogen (secondary N) is 1. The molecule has 1 aliphatic rings. The van der Waals surface area contributed by atoms with Gasteiger partial charge in [-0.15, -0.1) is 0 Å². The van der Waals surface area contributed by atoms with Crippen LogP contribution in [-0.4, -0.2) is 54.8 Å². The summed E-state index contributed by atoms with van der Waals surface area (Å²) < 4.78 is 8.17. The number of fused-ring (bicyclic) bond motifs is 1. The van der Waals surface area contributed by atoms with E-state index in [0.717, 1.165) is 52.2 Å². The molecular weight excluding hydrogens is 264 g/mol. The minimum Gasteiger partial charge on any atom is -0.378 e. The smallest absolute Gasteiger partial charge is 0.109 e. The van der Waals surface area contributed by atoms with Gasteiger partial charge in [0, 0.05) is 44.7 Å². The Kier molecular flexibility index (Phi) is 6.21. The number of hydrogen-bond donors (Lipinski definition) is 1. The second-order valence-corrected chi connectivity index (χ2v) is 6.51. The molecule has 0 saturated carbocycles. The van der Waals surface area contributed by atoms with Crippen molar-refractivity contribution in [2.45, 2.75) is 39.8 Å². The molecule has 0 spiro atoms. The fourth-order valence-electron chi connectivity index (χ4n) is 2.72. The fourth-order valence-corrected chi connectivity index (χ4v) is 2.72.